The van der Waals surface area contributed by atoms with E-state index in [1.54, 1.807) is 25.4 Å². The molecule has 0 fully saturated rings. The number of aromatic amines is 1. The van der Waals surface area contributed by atoms with Crippen molar-refractivity contribution in [1.29, 1.82) is 0 Å². The summed E-state index contributed by atoms with van der Waals surface area (Å²) in [4.78, 5) is 11.5. The molecule has 6 nitrogen and oxygen atoms in total. The minimum atomic E-state index is -0.887. The number of aliphatic carboxylic acids is 1. The molecule has 2 heterocycles. The number of H-pyrrole nitrogens is 1. The lowest BCUT2D eigenvalue weighted by molar-refractivity contribution is -0.137. The van der Waals surface area contributed by atoms with Crippen LogP contribution in [0.3, 0.4) is 0 Å². The van der Waals surface area contributed by atoms with Crippen molar-refractivity contribution in [2.45, 2.75) is 51.4 Å². The van der Waals surface area contributed by atoms with Gasteiger partial charge in [0.15, 0.2) is 5.82 Å². The van der Waals surface area contributed by atoms with Crippen LogP contribution >= 0.6 is 0 Å². The molecule has 1 atom stereocenters. The fourth-order valence-electron chi connectivity index (χ4n) is 4.90. The highest BCUT2D eigenvalue weighted by Crippen LogP contribution is 2.44. The lowest BCUT2D eigenvalue weighted by atomic mass is 9.85. The molecule has 4 aromatic rings. The Bertz CT molecular complexity index is 1310. The average molecular weight is 470 g/mol. The van der Waals surface area contributed by atoms with Crippen molar-refractivity contribution in [2.24, 2.45) is 0 Å². The number of carbonyl (C=O) groups is 1. The van der Waals surface area contributed by atoms with Crippen LogP contribution in [0.15, 0.2) is 36.5 Å². The number of hydrogen-bond acceptors (Lipinski definition) is 3. The number of halogens is 2. The van der Waals surface area contributed by atoms with Crippen molar-refractivity contribution in [3.8, 4) is 5.69 Å². The lowest BCUT2D eigenvalue weighted by Gasteiger charge is -2.21. The molecule has 34 heavy (non-hydrogen) atoms. The van der Waals surface area contributed by atoms with Crippen molar-refractivity contribution < 1.29 is 23.4 Å². The molecule has 0 amide bonds. The number of methoxy groups -OCH3 is 1. The van der Waals surface area contributed by atoms with E-state index < -0.39 is 11.8 Å². The topological polar surface area (TPSA) is 80.1 Å². The number of rotatable bonds is 10. The summed E-state index contributed by atoms with van der Waals surface area (Å²) < 4.78 is 37.0. The third-order valence-electron chi connectivity index (χ3n) is 6.33. The van der Waals surface area contributed by atoms with Crippen LogP contribution in [0, 0.1) is 11.6 Å². The molecule has 8 heteroatoms. The van der Waals surface area contributed by atoms with Gasteiger partial charge in [-0.25, -0.2) is 8.78 Å². The van der Waals surface area contributed by atoms with Gasteiger partial charge in [-0.05, 0) is 67.0 Å². The number of ether oxygens (including phenoxy) is 1. The van der Waals surface area contributed by atoms with Gasteiger partial charge in [-0.2, -0.15) is 5.10 Å². The number of carboxylic acids is 1. The second-order valence-corrected chi connectivity index (χ2v) is 8.95. The van der Waals surface area contributed by atoms with Gasteiger partial charge in [0, 0.05) is 42.3 Å². The van der Waals surface area contributed by atoms with Crippen LogP contribution in [-0.4, -0.2) is 39.6 Å². The van der Waals surface area contributed by atoms with Crippen LogP contribution in [0.1, 0.15) is 62.6 Å². The Kier molecular flexibility index (Phi) is 6.97. The van der Waals surface area contributed by atoms with Crippen LogP contribution in [0.4, 0.5) is 8.78 Å². The molecule has 0 bridgehead atoms. The minimum Gasteiger partial charge on any atom is -0.481 e. The number of nitrogens with one attached hydrogen (secondary N) is 1. The highest BCUT2D eigenvalue weighted by Gasteiger charge is 2.30. The number of hydrogen-bond donors (Lipinski definition) is 2. The number of benzene rings is 2. The van der Waals surface area contributed by atoms with Crippen LogP contribution in [0.5, 0.6) is 0 Å². The maximum Gasteiger partial charge on any atom is 0.303 e. The summed E-state index contributed by atoms with van der Waals surface area (Å²) in [6.45, 7) is 4.60. The summed E-state index contributed by atoms with van der Waals surface area (Å²) in [5, 5.41) is 17.3. The smallest absolute Gasteiger partial charge is 0.303 e. The first kappa shape index (κ1) is 23.9. The summed E-state index contributed by atoms with van der Waals surface area (Å²) in [5.41, 5.74) is 3.39. The number of carboxylic acid groups (broad SMARTS) is 1. The van der Waals surface area contributed by atoms with Crippen LogP contribution in [0.25, 0.3) is 27.5 Å². The number of fused-ring (bicyclic) bond motifs is 2. The fraction of sp³-hybridized carbons (Fsp3) is 0.385. The van der Waals surface area contributed by atoms with Crippen molar-refractivity contribution in [1.82, 2.24) is 14.8 Å². The summed E-state index contributed by atoms with van der Waals surface area (Å²) in [6.07, 6.45) is 3.31. The fourth-order valence-corrected chi connectivity index (χ4v) is 4.90. The standard InChI is InChI=1S/C26H29F2N3O3/c1-15(2)26-22(16(5-4-12-34-3)6-11-21(32)33)23-20(13-17-14-29-30-25(17)24(23)28)31(26)19-9-7-18(27)8-10-19/h7-10,13-16H,4-6,11-12H2,1-3H3,(H,29,30)(H,32,33)/t16-/m1/s1. The van der Waals surface area contributed by atoms with Crippen LogP contribution in [-0.2, 0) is 9.53 Å². The molecule has 0 aliphatic rings. The molecule has 0 saturated carbocycles. The Labute approximate surface area is 196 Å². The monoisotopic (exact) mass is 469 g/mol. The molecular formula is C26H29F2N3O3. The Morgan fingerprint density at radius 3 is 2.59 bits per heavy atom. The first-order valence-electron chi connectivity index (χ1n) is 11.5. The zero-order chi connectivity index (χ0) is 24.4. The van der Waals surface area contributed by atoms with Gasteiger partial charge >= 0.3 is 5.97 Å². The molecule has 0 aliphatic carbocycles. The molecule has 0 aliphatic heterocycles. The van der Waals surface area contributed by atoms with E-state index in [4.69, 9.17) is 4.74 Å². The highest BCUT2D eigenvalue weighted by molar-refractivity contribution is 5.99. The highest BCUT2D eigenvalue weighted by atomic mass is 19.1. The molecule has 0 unspecified atom stereocenters. The summed E-state index contributed by atoms with van der Waals surface area (Å²) in [7, 11) is 1.63. The van der Waals surface area contributed by atoms with Crippen LogP contribution < -0.4 is 0 Å². The molecular weight excluding hydrogens is 440 g/mol. The first-order chi connectivity index (χ1) is 16.3. The summed E-state index contributed by atoms with van der Waals surface area (Å²) >= 11 is 0. The predicted octanol–water partition coefficient (Wildman–Crippen LogP) is 6.28. The number of aromatic nitrogens is 3. The SMILES string of the molecule is COCCC[C@H](CCC(=O)O)c1c(C(C)C)n(-c2ccc(F)cc2)c2cc3cn[nH]c3c(F)c12. The van der Waals surface area contributed by atoms with E-state index in [2.05, 4.69) is 10.2 Å². The van der Waals surface area contributed by atoms with Gasteiger partial charge in [0.25, 0.3) is 0 Å². The first-order valence-corrected chi connectivity index (χ1v) is 11.5. The average Bonchev–Trinajstić information content (AvgIpc) is 3.40. The molecule has 2 N–H and O–H groups in total. The Morgan fingerprint density at radius 2 is 1.94 bits per heavy atom. The zero-order valence-corrected chi connectivity index (χ0v) is 19.6. The van der Waals surface area contributed by atoms with Gasteiger partial charge in [0.2, 0.25) is 0 Å². The molecule has 180 valence electrons. The molecule has 2 aromatic carbocycles. The molecule has 4 rings (SSSR count). The van der Waals surface area contributed by atoms with Gasteiger partial charge in [-0.3, -0.25) is 9.89 Å². The maximum atomic E-state index is 16.1. The third-order valence-corrected chi connectivity index (χ3v) is 6.33. The van der Waals surface area contributed by atoms with Crippen molar-refractivity contribution in [3.05, 3.63) is 59.4 Å². The van der Waals surface area contributed by atoms with E-state index in [1.165, 1.54) is 12.1 Å². The van der Waals surface area contributed by atoms with E-state index in [1.807, 2.05) is 24.5 Å². The van der Waals surface area contributed by atoms with Crippen molar-refractivity contribution in [3.63, 3.8) is 0 Å². The summed E-state index contributed by atoms with van der Waals surface area (Å²) in [5.74, 6) is -1.84. The van der Waals surface area contributed by atoms with Gasteiger partial charge in [0.1, 0.15) is 11.3 Å². The van der Waals surface area contributed by atoms with Gasteiger partial charge < -0.3 is 14.4 Å². The van der Waals surface area contributed by atoms with Crippen LogP contribution in [0.2, 0.25) is 0 Å². The van der Waals surface area contributed by atoms with E-state index in [-0.39, 0.29) is 24.1 Å². The minimum absolute atomic E-state index is 0.00178. The van der Waals surface area contributed by atoms with E-state index >= 15 is 4.39 Å². The number of nitrogens with zero attached hydrogens (tertiary/aromatic N) is 2. The van der Waals surface area contributed by atoms with Crippen molar-refractivity contribution >= 4 is 27.8 Å². The largest absolute Gasteiger partial charge is 0.481 e. The van der Waals surface area contributed by atoms with E-state index in [0.29, 0.717) is 41.3 Å². The Morgan fingerprint density at radius 1 is 1.21 bits per heavy atom. The van der Waals surface area contributed by atoms with E-state index in [0.717, 1.165) is 23.4 Å². The molecule has 2 aromatic heterocycles. The molecule has 0 saturated heterocycles. The third kappa shape index (κ3) is 4.42. The second-order valence-electron chi connectivity index (χ2n) is 8.95. The Balaban J connectivity index is 2.06. The summed E-state index contributed by atoms with van der Waals surface area (Å²) in [6, 6.07) is 8.02. The molecule has 0 spiro atoms. The van der Waals surface area contributed by atoms with Gasteiger partial charge in [0.05, 0.1) is 11.7 Å². The van der Waals surface area contributed by atoms with Gasteiger partial charge in [-0.15, -0.1) is 0 Å². The van der Waals surface area contributed by atoms with Crippen molar-refractivity contribution in [2.75, 3.05) is 13.7 Å². The second kappa shape index (κ2) is 9.93. The maximum absolute atomic E-state index is 16.1. The molecule has 0 radical (unpaired) electrons. The lowest BCUT2D eigenvalue weighted by Crippen LogP contribution is -2.10. The zero-order valence-electron chi connectivity index (χ0n) is 19.6. The van der Waals surface area contributed by atoms with E-state index in [9.17, 15) is 14.3 Å². The predicted molar refractivity (Wildman–Crippen MR) is 128 cm³/mol. The van der Waals surface area contributed by atoms with Gasteiger partial charge in [-0.1, -0.05) is 13.8 Å². The normalized spacial score (nSPS) is 12.8. The quantitative estimate of drug-likeness (QED) is 0.268. The Hall–Kier alpha value is -3.26.